The molecule has 0 aliphatic rings. The van der Waals surface area contributed by atoms with Gasteiger partial charge in [-0.15, -0.1) is 9.24 Å². The van der Waals surface area contributed by atoms with Gasteiger partial charge in [-0.25, -0.2) is 0 Å². The molecule has 1 atom stereocenters. The van der Waals surface area contributed by atoms with E-state index in [4.69, 9.17) is 5.26 Å². The Morgan fingerprint density at radius 2 is 1.90 bits per heavy atom. The fourth-order valence-electron chi connectivity index (χ4n) is 0.715. The van der Waals surface area contributed by atoms with Crippen molar-refractivity contribution in [1.29, 1.82) is 5.26 Å². The van der Waals surface area contributed by atoms with E-state index in [1.54, 1.807) is 0 Å². The summed E-state index contributed by atoms with van der Waals surface area (Å²) in [5, 5.41) is 8.45. The topological polar surface area (TPSA) is 23.8 Å². The summed E-state index contributed by atoms with van der Waals surface area (Å²) in [4.78, 5) is 0. The van der Waals surface area contributed by atoms with Crippen molar-refractivity contribution < 1.29 is 0 Å². The zero-order chi connectivity index (χ0) is 7.40. The summed E-state index contributed by atoms with van der Waals surface area (Å²) in [6.45, 7) is 0. The molecule has 10 heavy (non-hydrogen) atoms. The monoisotopic (exact) mass is 149 g/mol. The van der Waals surface area contributed by atoms with Crippen LogP contribution in [0.25, 0.3) is 0 Å². The largest absolute Gasteiger partial charge is 0.192 e. The second-order valence-corrected chi connectivity index (χ2v) is 2.42. The first-order chi connectivity index (χ1) is 4.86. The zero-order valence-corrected chi connectivity index (χ0v) is 6.70. The number of hydrogen-bond donors (Lipinski definition) is 0. The summed E-state index contributed by atoms with van der Waals surface area (Å²) in [5.41, 5.74) is 1.96. The van der Waals surface area contributed by atoms with Gasteiger partial charge in [0.2, 0.25) is 0 Å². The van der Waals surface area contributed by atoms with E-state index >= 15 is 0 Å². The molecule has 1 aromatic rings. The third-order valence-corrected chi connectivity index (χ3v) is 1.79. The smallest absolute Gasteiger partial charge is 0.0991 e. The number of nitrogens with zero attached hydrogens (tertiary/aromatic N) is 1. The standard InChI is InChI=1S/C8H8NP/c9-5-7-1-3-8(6-10)4-2-7/h1-4H,6,10H2. The minimum absolute atomic E-state index is 0.724. The van der Waals surface area contributed by atoms with Gasteiger partial charge in [0.05, 0.1) is 11.6 Å². The first-order valence-corrected chi connectivity index (χ1v) is 3.87. The van der Waals surface area contributed by atoms with Crippen LogP contribution in [-0.2, 0) is 6.16 Å². The van der Waals surface area contributed by atoms with Crippen LogP contribution >= 0.6 is 9.24 Å². The van der Waals surface area contributed by atoms with Crippen molar-refractivity contribution in [2.75, 3.05) is 0 Å². The molecule has 0 aliphatic heterocycles. The highest BCUT2D eigenvalue weighted by atomic mass is 31.0. The highest BCUT2D eigenvalue weighted by Gasteiger charge is 1.88. The van der Waals surface area contributed by atoms with Crippen LogP contribution in [0.5, 0.6) is 0 Å². The average molecular weight is 149 g/mol. The summed E-state index contributed by atoms with van der Waals surface area (Å²) in [7, 11) is 2.64. The van der Waals surface area contributed by atoms with Gasteiger partial charge in [0.25, 0.3) is 0 Å². The van der Waals surface area contributed by atoms with E-state index in [9.17, 15) is 0 Å². The minimum Gasteiger partial charge on any atom is -0.192 e. The van der Waals surface area contributed by atoms with Crippen LogP contribution in [0.15, 0.2) is 24.3 Å². The number of hydrogen-bond acceptors (Lipinski definition) is 1. The normalized spacial score (nSPS) is 8.80. The molecule has 0 aliphatic carbocycles. The van der Waals surface area contributed by atoms with Crippen LogP contribution in [0.4, 0.5) is 0 Å². The van der Waals surface area contributed by atoms with Gasteiger partial charge in [0.1, 0.15) is 0 Å². The van der Waals surface area contributed by atoms with Gasteiger partial charge in [0.15, 0.2) is 0 Å². The summed E-state index contributed by atoms with van der Waals surface area (Å²) in [5.74, 6) is 0. The molecule has 1 unspecified atom stereocenters. The molecule has 0 saturated heterocycles. The average Bonchev–Trinajstić information content (AvgIpc) is 2.05. The Morgan fingerprint density at radius 3 is 2.30 bits per heavy atom. The summed E-state index contributed by atoms with van der Waals surface area (Å²) >= 11 is 0. The molecule has 0 aromatic heterocycles. The highest BCUT2D eigenvalue weighted by molar-refractivity contribution is 7.15. The minimum atomic E-state index is 0.724. The van der Waals surface area contributed by atoms with E-state index in [0.717, 1.165) is 11.7 Å². The Labute approximate surface area is 62.9 Å². The lowest BCUT2D eigenvalue weighted by Crippen LogP contribution is -1.76. The van der Waals surface area contributed by atoms with E-state index in [2.05, 4.69) is 15.3 Å². The van der Waals surface area contributed by atoms with Gasteiger partial charge < -0.3 is 0 Å². The molecule has 1 nitrogen and oxygen atoms in total. The van der Waals surface area contributed by atoms with E-state index in [1.807, 2.05) is 24.3 Å². The Hall–Kier alpha value is -0.860. The van der Waals surface area contributed by atoms with Crippen molar-refractivity contribution in [3.8, 4) is 6.07 Å². The lowest BCUT2D eigenvalue weighted by Gasteiger charge is -1.92. The Bertz CT molecular complexity index is 245. The summed E-state index contributed by atoms with van der Waals surface area (Å²) in [6.07, 6.45) is 0.950. The molecular weight excluding hydrogens is 141 g/mol. The molecule has 0 fully saturated rings. The maximum Gasteiger partial charge on any atom is 0.0991 e. The number of benzene rings is 1. The van der Waals surface area contributed by atoms with Gasteiger partial charge in [-0.05, 0) is 23.9 Å². The predicted octanol–water partition coefficient (Wildman–Crippen LogP) is 1.93. The van der Waals surface area contributed by atoms with E-state index in [0.29, 0.717) is 0 Å². The molecular formula is C8H8NP. The second-order valence-electron chi connectivity index (χ2n) is 2.01. The van der Waals surface area contributed by atoms with Crippen molar-refractivity contribution in [1.82, 2.24) is 0 Å². The maximum atomic E-state index is 8.45. The Kier molecular flexibility index (Phi) is 2.42. The van der Waals surface area contributed by atoms with E-state index in [1.165, 1.54) is 5.56 Å². The maximum absolute atomic E-state index is 8.45. The van der Waals surface area contributed by atoms with Crippen molar-refractivity contribution in [2.24, 2.45) is 0 Å². The lowest BCUT2D eigenvalue weighted by atomic mass is 10.2. The van der Waals surface area contributed by atoms with Crippen LogP contribution in [-0.4, -0.2) is 0 Å². The SMILES string of the molecule is N#Cc1ccc(CP)cc1. The van der Waals surface area contributed by atoms with Crippen molar-refractivity contribution in [3.63, 3.8) is 0 Å². The quantitative estimate of drug-likeness (QED) is 0.559. The summed E-state index contributed by atoms with van der Waals surface area (Å²) in [6, 6.07) is 9.66. The summed E-state index contributed by atoms with van der Waals surface area (Å²) < 4.78 is 0. The van der Waals surface area contributed by atoms with Crippen molar-refractivity contribution >= 4 is 9.24 Å². The van der Waals surface area contributed by atoms with E-state index < -0.39 is 0 Å². The third-order valence-electron chi connectivity index (χ3n) is 1.32. The van der Waals surface area contributed by atoms with Gasteiger partial charge in [-0.2, -0.15) is 5.26 Å². The molecule has 0 bridgehead atoms. The molecule has 50 valence electrons. The molecule has 0 saturated carbocycles. The molecule has 0 amide bonds. The Balaban J connectivity index is 2.93. The molecule has 0 spiro atoms. The van der Waals surface area contributed by atoms with E-state index in [-0.39, 0.29) is 0 Å². The van der Waals surface area contributed by atoms with Crippen LogP contribution in [0.2, 0.25) is 0 Å². The van der Waals surface area contributed by atoms with Crippen molar-refractivity contribution in [3.05, 3.63) is 35.4 Å². The van der Waals surface area contributed by atoms with Gasteiger partial charge >= 0.3 is 0 Å². The molecule has 0 radical (unpaired) electrons. The predicted molar refractivity (Wildman–Crippen MR) is 44.6 cm³/mol. The number of rotatable bonds is 1. The third kappa shape index (κ3) is 1.56. The highest BCUT2D eigenvalue weighted by Crippen LogP contribution is 2.06. The molecule has 1 rings (SSSR count). The zero-order valence-electron chi connectivity index (χ0n) is 5.54. The van der Waals surface area contributed by atoms with Crippen LogP contribution < -0.4 is 0 Å². The first kappa shape index (κ1) is 7.25. The van der Waals surface area contributed by atoms with Gasteiger partial charge in [-0.3, -0.25) is 0 Å². The van der Waals surface area contributed by atoms with Crippen LogP contribution in [0.1, 0.15) is 11.1 Å². The number of nitriles is 1. The first-order valence-electron chi connectivity index (χ1n) is 3.06. The fourth-order valence-corrected chi connectivity index (χ4v) is 0.988. The molecule has 0 heterocycles. The second kappa shape index (κ2) is 3.34. The van der Waals surface area contributed by atoms with Gasteiger partial charge in [0, 0.05) is 0 Å². The van der Waals surface area contributed by atoms with Gasteiger partial charge in [-0.1, -0.05) is 12.1 Å². The van der Waals surface area contributed by atoms with Crippen LogP contribution in [0.3, 0.4) is 0 Å². The van der Waals surface area contributed by atoms with Crippen molar-refractivity contribution in [2.45, 2.75) is 6.16 Å². The molecule has 2 heteroatoms. The molecule has 0 N–H and O–H groups in total. The lowest BCUT2D eigenvalue weighted by molar-refractivity contribution is 1.40. The fraction of sp³-hybridized carbons (Fsp3) is 0.125. The molecule has 1 aromatic carbocycles. The Morgan fingerprint density at radius 1 is 1.30 bits per heavy atom. The van der Waals surface area contributed by atoms with Crippen LogP contribution in [0, 0.1) is 11.3 Å².